The molecule has 0 radical (unpaired) electrons. The number of benzene rings is 2. The zero-order valence-corrected chi connectivity index (χ0v) is 20.3. The summed E-state index contributed by atoms with van der Waals surface area (Å²) in [6.07, 6.45) is 4.07. The van der Waals surface area contributed by atoms with Crippen LogP contribution in [0.5, 0.6) is 5.75 Å². The zero-order valence-electron chi connectivity index (χ0n) is 19.5. The van der Waals surface area contributed by atoms with Crippen LogP contribution in [-0.2, 0) is 12.3 Å². The standard InChI is InChI=1S/C26H26N6O2S/c1-33-20-12-10-19(11-13-20)32-23-9-3-2-8-22(23)27-24(32)18-35-26-29-28-25(30-14-4-5-15-30)31(26)17-21-7-6-16-34-21/h2-3,6-13,16H,4-5,14-15,17-18H2,1H3. The minimum atomic E-state index is 0.600. The van der Waals surface area contributed by atoms with E-state index in [0.717, 1.165) is 58.2 Å². The second-order valence-electron chi connectivity index (χ2n) is 8.48. The van der Waals surface area contributed by atoms with Crippen LogP contribution >= 0.6 is 11.8 Å². The predicted octanol–water partition coefficient (Wildman–Crippen LogP) is 5.16. The lowest BCUT2D eigenvalue weighted by Gasteiger charge is -2.17. The molecule has 0 atom stereocenters. The average molecular weight is 487 g/mol. The van der Waals surface area contributed by atoms with Gasteiger partial charge in [-0.05, 0) is 61.4 Å². The predicted molar refractivity (Wildman–Crippen MR) is 136 cm³/mol. The first-order chi connectivity index (χ1) is 17.3. The van der Waals surface area contributed by atoms with Gasteiger partial charge in [0.25, 0.3) is 0 Å². The normalized spacial score (nSPS) is 13.7. The van der Waals surface area contributed by atoms with E-state index in [-0.39, 0.29) is 0 Å². The number of hydrogen-bond acceptors (Lipinski definition) is 7. The molecular weight excluding hydrogens is 460 g/mol. The van der Waals surface area contributed by atoms with Gasteiger partial charge < -0.3 is 14.1 Å². The fourth-order valence-corrected chi connectivity index (χ4v) is 5.41. The highest BCUT2D eigenvalue weighted by molar-refractivity contribution is 7.98. The van der Waals surface area contributed by atoms with E-state index in [2.05, 4.69) is 48.5 Å². The van der Waals surface area contributed by atoms with E-state index < -0.39 is 0 Å². The van der Waals surface area contributed by atoms with E-state index in [1.54, 1.807) is 25.1 Å². The molecule has 1 aliphatic rings. The number of thioether (sulfide) groups is 1. The SMILES string of the molecule is COc1ccc(-n2c(CSc3nnc(N4CCCC4)n3Cc3ccco3)nc3ccccc32)cc1. The van der Waals surface area contributed by atoms with Gasteiger partial charge in [0.2, 0.25) is 5.95 Å². The number of para-hydroxylation sites is 2. The molecule has 1 saturated heterocycles. The first kappa shape index (κ1) is 21.8. The lowest BCUT2D eigenvalue weighted by molar-refractivity contribution is 0.414. The van der Waals surface area contributed by atoms with E-state index >= 15 is 0 Å². The molecule has 0 aliphatic carbocycles. The van der Waals surface area contributed by atoms with Crippen LogP contribution in [0.4, 0.5) is 5.95 Å². The number of ether oxygens (including phenoxy) is 1. The van der Waals surface area contributed by atoms with Gasteiger partial charge in [-0.2, -0.15) is 0 Å². The molecule has 1 aliphatic heterocycles. The van der Waals surface area contributed by atoms with Gasteiger partial charge >= 0.3 is 0 Å². The van der Waals surface area contributed by atoms with Crippen molar-refractivity contribution in [2.75, 3.05) is 25.1 Å². The summed E-state index contributed by atoms with van der Waals surface area (Å²) in [5, 5.41) is 10.0. The lowest BCUT2D eigenvalue weighted by Crippen LogP contribution is -2.22. The molecule has 3 aromatic heterocycles. The molecule has 2 aromatic carbocycles. The highest BCUT2D eigenvalue weighted by Gasteiger charge is 2.23. The quantitative estimate of drug-likeness (QED) is 0.281. The zero-order chi connectivity index (χ0) is 23.6. The Morgan fingerprint density at radius 2 is 1.80 bits per heavy atom. The molecule has 6 rings (SSSR count). The molecule has 0 saturated carbocycles. The molecule has 35 heavy (non-hydrogen) atoms. The maximum absolute atomic E-state index is 5.65. The fraction of sp³-hybridized carbons (Fsp3) is 0.269. The van der Waals surface area contributed by atoms with Crippen LogP contribution in [0.3, 0.4) is 0 Å². The van der Waals surface area contributed by atoms with E-state index in [1.807, 2.05) is 36.4 Å². The van der Waals surface area contributed by atoms with Crippen LogP contribution in [0, 0.1) is 0 Å². The van der Waals surface area contributed by atoms with E-state index in [1.165, 1.54) is 12.8 Å². The maximum atomic E-state index is 5.65. The number of aromatic nitrogens is 5. The molecule has 0 bridgehead atoms. The number of hydrogen-bond donors (Lipinski definition) is 0. The molecule has 0 N–H and O–H groups in total. The van der Waals surface area contributed by atoms with Gasteiger partial charge in [0.1, 0.15) is 17.3 Å². The van der Waals surface area contributed by atoms with Crippen molar-refractivity contribution in [1.82, 2.24) is 24.3 Å². The highest BCUT2D eigenvalue weighted by atomic mass is 32.2. The van der Waals surface area contributed by atoms with Gasteiger partial charge in [-0.3, -0.25) is 9.13 Å². The summed E-state index contributed by atoms with van der Waals surface area (Å²) in [5.41, 5.74) is 3.08. The summed E-state index contributed by atoms with van der Waals surface area (Å²) in [5.74, 6) is 4.23. The number of rotatable bonds is 8. The largest absolute Gasteiger partial charge is 0.497 e. The Balaban J connectivity index is 1.34. The molecule has 0 amide bonds. The second kappa shape index (κ2) is 9.50. The van der Waals surface area contributed by atoms with Crippen molar-refractivity contribution in [3.8, 4) is 11.4 Å². The van der Waals surface area contributed by atoms with Gasteiger partial charge in [-0.1, -0.05) is 23.9 Å². The third kappa shape index (κ3) is 4.27. The third-order valence-electron chi connectivity index (χ3n) is 6.27. The third-order valence-corrected chi connectivity index (χ3v) is 7.23. The smallest absolute Gasteiger partial charge is 0.228 e. The van der Waals surface area contributed by atoms with Gasteiger partial charge in [0.05, 0.1) is 36.7 Å². The Hall–Kier alpha value is -3.72. The number of anilines is 1. The lowest BCUT2D eigenvalue weighted by atomic mass is 10.2. The minimum absolute atomic E-state index is 0.600. The molecule has 8 nitrogen and oxygen atoms in total. The summed E-state index contributed by atoms with van der Waals surface area (Å²) in [7, 11) is 1.68. The monoisotopic (exact) mass is 486 g/mol. The summed E-state index contributed by atoms with van der Waals surface area (Å²) in [6, 6.07) is 20.2. The van der Waals surface area contributed by atoms with Crippen LogP contribution < -0.4 is 9.64 Å². The number of nitrogens with zero attached hydrogens (tertiary/aromatic N) is 6. The summed E-state index contributed by atoms with van der Waals surface area (Å²) in [6.45, 7) is 2.62. The van der Waals surface area contributed by atoms with Crippen molar-refractivity contribution in [3.05, 3.63) is 78.5 Å². The van der Waals surface area contributed by atoms with Crippen LogP contribution in [0.2, 0.25) is 0 Å². The Bertz CT molecular complexity index is 1420. The van der Waals surface area contributed by atoms with Crippen molar-refractivity contribution in [1.29, 1.82) is 0 Å². The van der Waals surface area contributed by atoms with Crippen molar-refractivity contribution in [2.24, 2.45) is 0 Å². The summed E-state index contributed by atoms with van der Waals surface area (Å²) < 4.78 is 15.4. The molecule has 1 fully saturated rings. The van der Waals surface area contributed by atoms with Crippen molar-refractivity contribution >= 4 is 28.7 Å². The number of furan rings is 1. The maximum Gasteiger partial charge on any atom is 0.228 e. The number of imidazole rings is 1. The van der Waals surface area contributed by atoms with Crippen molar-refractivity contribution < 1.29 is 9.15 Å². The highest BCUT2D eigenvalue weighted by Crippen LogP contribution is 2.30. The number of fused-ring (bicyclic) bond motifs is 1. The molecule has 0 spiro atoms. The Morgan fingerprint density at radius 1 is 0.971 bits per heavy atom. The van der Waals surface area contributed by atoms with Gasteiger partial charge in [0.15, 0.2) is 5.16 Å². The van der Waals surface area contributed by atoms with Gasteiger partial charge in [0, 0.05) is 18.8 Å². The Kier molecular flexibility index (Phi) is 5.91. The van der Waals surface area contributed by atoms with E-state index in [4.69, 9.17) is 14.1 Å². The van der Waals surface area contributed by atoms with Crippen LogP contribution in [-0.4, -0.2) is 44.5 Å². The summed E-state index contributed by atoms with van der Waals surface area (Å²) in [4.78, 5) is 7.27. The Morgan fingerprint density at radius 3 is 2.57 bits per heavy atom. The molecule has 0 unspecified atom stereocenters. The molecule has 5 aromatic rings. The fourth-order valence-electron chi connectivity index (χ4n) is 4.56. The molecule has 9 heteroatoms. The molecule has 178 valence electrons. The first-order valence-electron chi connectivity index (χ1n) is 11.7. The average Bonchev–Trinajstić information content (AvgIpc) is 3.70. The van der Waals surface area contributed by atoms with Crippen LogP contribution in [0.1, 0.15) is 24.4 Å². The van der Waals surface area contributed by atoms with Crippen LogP contribution in [0.15, 0.2) is 76.5 Å². The molecular formula is C26H26N6O2S. The molecule has 4 heterocycles. The topological polar surface area (TPSA) is 74.1 Å². The van der Waals surface area contributed by atoms with Gasteiger partial charge in [-0.25, -0.2) is 4.98 Å². The van der Waals surface area contributed by atoms with E-state index in [9.17, 15) is 0 Å². The van der Waals surface area contributed by atoms with Gasteiger partial charge in [-0.15, -0.1) is 10.2 Å². The minimum Gasteiger partial charge on any atom is -0.497 e. The second-order valence-corrected chi connectivity index (χ2v) is 9.42. The van der Waals surface area contributed by atoms with Crippen molar-refractivity contribution in [2.45, 2.75) is 30.3 Å². The Labute approximate surface area is 207 Å². The number of methoxy groups -OCH3 is 1. The first-order valence-corrected chi connectivity index (χ1v) is 12.7. The van der Waals surface area contributed by atoms with Crippen LogP contribution in [0.25, 0.3) is 16.7 Å². The summed E-state index contributed by atoms with van der Waals surface area (Å²) >= 11 is 1.65. The van der Waals surface area contributed by atoms with E-state index in [0.29, 0.717) is 12.3 Å². The van der Waals surface area contributed by atoms with Crippen molar-refractivity contribution in [3.63, 3.8) is 0 Å².